The Hall–Kier alpha value is -1.06. The standard InChI is InChI=1S/C12H13ClN2S/c1-8-5-10(3-4-11(8)13)7-15-12-14-6-9(2)16-12/h3-6H,7H2,1-2H3,(H,14,15). The van der Waals surface area contributed by atoms with Crippen LogP contribution in [-0.4, -0.2) is 4.98 Å². The van der Waals surface area contributed by atoms with Crippen LogP contribution in [0.25, 0.3) is 0 Å². The van der Waals surface area contributed by atoms with Crippen molar-refractivity contribution in [2.24, 2.45) is 0 Å². The molecule has 1 aromatic carbocycles. The number of nitrogens with zero attached hydrogens (tertiary/aromatic N) is 1. The van der Waals surface area contributed by atoms with Crippen molar-refractivity contribution in [2.75, 3.05) is 5.32 Å². The zero-order chi connectivity index (χ0) is 11.5. The number of anilines is 1. The van der Waals surface area contributed by atoms with E-state index in [1.54, 1.807) is 11.3 Å². The van der Waals surface area contributed by atoms with Gasteiger partial charge in [0.15, 0.2) is 5.13 Å². The summed E-state index contributed by atoms with van der Waals surface area (Å²) in [6.45, 7) is 4.85. The van der Waals surface area contributed by atoms with Gasteiger partial charge >= 0.3 is 0 Å². The predicted molar refractivity (Wildman–Crippen MR) is 70.4 cm³/mol. The first-order valence-electron chi connectivity index (χ1n) is 5.06. The van der Waals surface area contributed by atoms with Crippen LogP contribution in [0.3, 0.4) is 0 Å². The van der Waals surface area contributed by atoms with Gasteiger partial charge in [-0.15, -0.1) is 11.3 Å². The highest BCUT2D eigenvalue weighted by Crippen LogP contribution is 2.19. The van der Waals surface area contributed by atoms with Crippen LogP contribution in [0.15, 0.2) is 24.4 Å². The summed E-state index contributed by atoms with van der Waals surface area (Å²) in [5.74, 6) is 0. The highest BCUT2D eigenvalue weighted by atomic mass is 35.5. The van der Waals surface area contributed by atoms with Crippen LogP contribution < -0.4 is 5.32 Å². The summed E-state index contributed by atoms with van der Waals surface area (Å²) in [5.41, 5.74) is 2.33. The van der Waals surface area contributed by atoms with Crippen LogP contribution in [0.4, 0.5) is 5.13 Å². The van der Waals surface area contributed by atoms with Gasteiger partial charge in [0, 0.05) is 22.6 Å². The summed E-state index contributed by atoms with van der Waals surface area (Å²) in [6.07, 6.45) is 1.88. The van der Waals surface area contributed by atoms with Crippen LogP contribution >= 0.6 is 22.9 Å². The number of nitrogens with one attached hydrogen (secondary N) is 1. The second-order valence-electron chi connectivity index (χ2n) is 3.71. The van der Waals surface area contributed by atoms with Crippen LogP contribution in [-0.2, 0) is 6.54 Å². The van der Waals surface area contributed by atoms with Crippen LogP contribution in [0.1, 0.15) is 16.0 Å². The molecule has 0 fully saturated rings. The highest BCUT2D eigenvalue weighted by Gasteiger charge is 2.00. The number of aryl methyl sites for hydroxylation is 2. The highest BCUT2D eigenvalue weighted by molar-refractivity contribution is 7.15. The fourth-order valence-corrected chi connectivity index (χ4v) is 2.21. The van der Waals surface area contributed by atoms with E-state index in [1.165, 1.54) is 10.4 Å². The fourth-order valence-electron chi connectivity index (χ4n) is 1.43. The Morgan fingerprint density at radius 2 is 2.19 bits per heavy atom. The van der Waals surface area contributed by atoms with Crippen molar-refractivity contribution in [1.82, 2.24) is 4.98 Å². The summed E-state index contributed by atoms with van der Waals surface area (Å²) in [7, 11) is 0. The normalized spacial score (nSPS) is 10.4. The molecule has 0 radical (unpaired) electrons. The second-order valence-corrected chi connectivity index (χ2v) is 5.36. The first kappa shape index (κ1) is 11.4. The van der Waals surface area contributed by atoms with Gasteiger partial charge in [0.1, 0.15) is 0 Å². The average molecular weight is 253 g/mol. The third-order valence-electron chi connectivity index (χ3n) is 2.29. The van der Waals surface area contributed by atoms with Crippen molar-refractivity contribution in [3.05, 3.63) is 45.4 Å². The van der Waals surface area contributed by atoms with Gasteiger partial charge in [0.2, 0.25) is 0 Å². The molecule has 0 saturated heterocycles. The molecule has 0 bridgehead atoms. The van der Waals surface area contributed by atoms with E-state index < -0.39 is 0 Å². The molecule has 0 amide bonds. The van der Waals surface area contributed by atoms with Gasteiger partial charge in [-0.2, -0.15) is 0 Å². The largest absolute Gasteiger partial charge is 0.357 e. The molecule has 0 aliphatic rings. The molecule has 0 saturated carbocycles. The van der Waals surface area contributed by atoms with Crippen LogP contribution in [0.5, 0.6) is 0 Å². The van der Waals surface area contributed by atoms with Gasteiger partial charge in [-0.1, -0.05) is 23.7 Å². The SMILES string of the molecule is Cc1cnc(NCc2ccc(Cl)c(C)c2)s1. The lowest BCUT2D eigenvalue weighted by molar-refractivity contribution is 1.13. The zero-order valence-corrected chi connectivity index (χ0v) is 10.8. The Morgan fingerprint density at radius 1 is 1.38 bits per heavy atom. The summed E-state index contributed by atoms with van der Waals surface area (Å²) < 4.78 is 0. The molecular formula is C12H13ClN2S. The van der Waals surface area contributed by atoms with E-state index in [2.05, 4.69) is 23.3 Å². The van der Waals surface area contributed by atoms with Gasteiger partial charge in [-0.05, 0) is 31.0 Å². The molecule has 1 N–H and O–H groups in total. The maximum absolute atomic E-state index is 5.97. The van der Waals surface area contributed by atoms with E-state index in [4.69, 9.17) is 11.6 Å². The molecule has 2 nitrogen and oxygen atoms in total. The number of halogens is 1. The minimum absolute atomic E-state index is 0.783. The number of benzene rings is 1. The van der Waals surface area contributed by atoms with Gasteiger partial charge in [0.25, 0.3) is 0 Å². The van der Waals surface area contributed by atoms with Crippen molar-refractivity contribution >= 4 is 28.1 Å². The number of aromatic nitrogens is 1. The van der Waals surface area contributed by atoms with E-state index in [0.717, 1.165) is 22.3 Å². The number of rotatable bonds is 3. The Bertz CT molecular complexity index is 494. The first-order valence-corrected chi connectivity index (χ1v) is 6.26. The smallest absolute Gasteiger partial charge is 0.183 e. The number of hydrogen-bond donors (Lipinski definition) is 1. The summed E-state index contributed by atoms with van der Waals surface area (Å²) in [5, 5.41) is 5.07. The lowest BCUT2D eigenvalue weighted by atomic mass is 10.1. The quantitative estimate of drug-likeness (QED) is 0.892. The molecule has 0 spiro atoms. The lowest BCUT2D eigenvalue weighted by Crippen LogP contribution is -1.98. The molecule has 2 aromatic rings. The molecule has 84 valence electrons. The Balaban J connectivity index is 2.02. The van der Waals surface area contributed by atoms with Gasteiger partial charge in [-0.3, -0.25) is 0 Å². The van der Waals surface area contributed by atoms with Gasteiger partial charge < -0.3 is 5.32 Å². The fraction of sp³-hybridized carbons (Fsp3) is 0.250. The van der Waals surface area contributed by atoms with E-state index in [1.807, 2.05) is 25.3 Å². The lowest BCUT2D eigenvalue weighted by Gasteiger charge is -2.05. The van der Waals surface area contributed by atoms with E-state index in [-0.39, 0.29) is 0 Å². The average Bonchev–Trinajstić information content (AvgIpc) is 2.66. The van der Waals surface area contributed by atoms with Crippen molar-refractivity contribution < 1.29 is 0 Å². The summed E-state index contributed by atoms with van der Waals surface area (Å²) >= 11 is 7.64. The van der Waals surface area contributed by atoms with E-state index in [9.17, 15) is 0 Å². The van der Waals surface area contributed by atoms with Crippen molar-refractivity contribution in [3.63, 3.8) is 0 Å². The minimum Gasteiger partial charge on any atom is -0.357 e. The molecule has 0 aliphatic carbocycles. The molecule has 4 heteroatoms. The number of hydrogen-bond acceptors (Lipinski definition) is 3. The van der Waals surface area contributed by atoms with Gasteiger partial charge in [-0.25, -0.2) is 4.98 Å². The minimum atomic E-state index is 0.783. The third-order valence-corrected chi connectivity index (χ3v) is 3.58. The van der Waals surface area contributed by atoms with E-state index >= 15 is 0 Å². The van der Waals surface area contributed by atoms with Crippen LogP contribution in [0.2, 0.25) is 5.02 Å². The Labute approximate surface area is 104 Å². The zero-order valence-electron chi connectivity index (χ0n) is 9.25. The number of thiazole rings is 1. The molecule has 0 aliphatic heterocycles. The van der Waals surface area contributed by atoms with E-state index in [0.29, 0.717) is 0 Å². The van der Waals surface area contributed by atoms with Crippen molar-refractivity contribution in [2.45, 2.75) is 20.4 Å². The molecule has 16 heavy (non-hydrogen) atoms. The molecule has 1 aromatic heterocycles. The molecule has 0 unspecified atom stereocenters. The first-order chi connectivity index (χ1) is 7.65. The Morgan fingerprint density at radius 3 is 2.81 bits per heavy atom. The molecular weight excluding hydrogens is 240 g/mol. The maximum atomic E-state index is 5.97. The van der Waals surface area contributed by atoms with Crippen molar-refractivity contribution in [3.8, 4) is 0 Å². The second kappa shape index (κ2) is 4.85. The van der Waals surface area contributed by atoms with Gasteiger partial charge in [0.05, 0.1) is 0 Å². The molecule has 2 rings (SSSR count). The molecule has 1 heterocycles. The monoisotopic (exact) mass is 252 g/mol. The summed E-state index contributed by atoms with van der Waals surface area (Å²) in [6, 6.07) is 6.06. The molecule has 0 atom stereocenters. The summed E-state index contributed by atoms with van der Waals surface area (Å²) in [4.78, 5) is 5.47. The third kappa shape index (κ3) is 2.74. The van der Waals surface area contributed by atoms with Crippen molar-refractivity contribution in [1.29, 1.82) is 0 Å². The predicted octanol–water partition coefficient (Wildman–Crippen LogP) is 4.03. The topological polar surface area (TPSA) is 24.9 Å². The maximum Gasteiger partial charge on any atom is 0.183 e. The van der Waals surface area contributed by atoms with Crippen LogP contribution in [0, 0.1) is 13.8 Å². The Kier molecular flexibility index (Phi) is 3.46.